The topological polar surface area (TPSA) is 58.6 Å². The maximum Gasteiger partial charge on any atom is 0.261 e. The lowest BCUT2D eigenvalue weighted by molar-refractivity contribution is 0.0990. The fourth-order valence-electron chi connectivity index (χ4n) is 3.57. The molecule has 0 fully saturated rings. The van der Waals surface area contributed by atoms with E-state index >= 15 is 0 Å². The Kier molecular flexibility index (Phi) is 5.05. The normalized spacial score (nSPS) is 13.1. The number of ether oxygens (including phenoxy) is 1. The molecule has 5 heteroatoms. The minimum atomic E-state index is -0.227. The number of fused-ring (bicyclic) bond motifs is 2. The van der Waals surface area contributed by atoms with Crippen LogP contribution in [0, 0.1) is 6.92 Å². The number of hydrogen-bond acceptors (Lipinski definition) is 3. The summed E-state index contributed by atoms with van der Waals surface area (Å²) in [5.74, 6) is 0.669. The van der Waals surface area contributed by atoms with Gasteiger partial charge in [-0.1, -0.05) is 39.0 Å². The zero-order chi connectivity index (χ0) is 22.3. The third-order valence-corrected chi connectivity index (χ3v) is 5.48. The van der Waals surface area contributed by atoms with Crippen molar-refractivity contribution >= 4 is 23.2 Å². The van der Waals surface area contributed by atoms with Gasteiger partial charge in [-0.3, -0.25) is 9.59 Å². The third-order valence-electron chi connectivity index (χ3n) is 5.48. The first kappa shape index (κ1) is 20.7. The number of anilines is 2. The van der Waals surface area contributed by atoms with Gasteiger partial charge in [0, 0.05) is 18.3 Å². The van der Waals surface area contributed by atoms with Crippen LogP contribution in [0.5, 0.6) is 11.5 Å². The predicted molar refractivity (Wildman–Crippen MR) is 124 cm³/mol. The summed E-state index contributed by atoms with van der Waals surface area (Å²) >= 11 is 0. The van der Waals surface area contributed by atoms with Crippen LogP contribution in [0.1, 0.15) is 52.6 Å². The van der Waals surface area contributed by atoms with Gasteiger partial charge >= 0.3 is 0 Å². The third kappa shape index (κ3) is 4.04. The van der Waals surface area contributed by atoms with Gasteiger partial charge in [0.1, 0.15) is 5.75 Å². The number of aryl methyl sites for hydroxylation is 1. The largest absolute Gasteiger partial charge is 0.454 e. The van der Waals surface area contributed by atoms with E-state index in [9.17, 15) is 9.59 Å². The molecule has 31 heavy (non-hydrogen) atoms. The number of carbonyl (C=O) groups is 2. The van der Waals surface area contributed by atoms with Gasteiger partial charge in [-0.05, 0) is 65.9 Å². The molecule has 0 aromatic heterocycles. The van der Waals surface area contributed by atoms with Crippen LogP contribution in [0.4, 0.5) is 11.4 Å². The van der Waals surface area contributed by atoms with E-state index in [2.05, 4.69) is 26.1 Å². The van der Waals surface area contributed by atoms with Crippen LogP contribution >= 0.6 is 0 Å². The van der Waals surface area contributed by atoms with Crippen molar-refractivity contribution in [3.63, 3.8) is 0 Å². The number of nitrogens with one attached hydrogen (secondary N) is 1. The highest BCUT2D eigenvalue weighted by molar-refractivity contribution is 6.11. The molecule has 158 valence electrons. The van der Waals surface area contributed by atoms with Crippen molar-refractivity contribution < 1.29 is 14.3 Å². The van der Waals surface area contributed by atoms with Crippen molar-refractivity contribution in [1.29, 1.82) is 0 Å². The minimum absolute atomic E-state index is 0.0223. The predicted octanol–water partition coefficient (Wildman–Crippen LogP) is 5.93. The first-order valence-corrected chi connectivity index (χ1v) is 10.3. The zero-order valence-electron chi connectivity index (χ0n) is 18.4. The Morgan fingerprint density at radius 2 is 1.61 bits per heavy atom. The van der Waals surface area contributed by atoms with Gasteiger partial charge in [0.2, 0.25) is 0 Å². The number of nitrogens with zero attached hydrogens (tertiary/aromatic N) is 1. The summed E-state index contributed by atoms with van der Waals surface area (Å²) in [5, 5.41) is 2.89. The van der Waals surface area contributed by atoms with Gasteiger partial charge in [0.05, 0.1) is 11.3 Å². The average molecular weight is 415 g/mol. The molecular formula is C26H26N2O3. The summed E-state index contributed by atoms with van der Waals surface area (Å²) in [4.78, 5) is 27.4. The second kappa shape index (κ2) is 7.58. The molecule has 0 saturated carbocycles. The Balaban J connectivity index is 1.60. The molecular weight excluding hydrogens is 388 g/mol. The quantitative estimate of drug-likeness (QED) is 0.566. The Bertz CT molecular complexity index is 1170. The smallest absolute Gasteiger partial charge is 0.261 e. The van der Waals surface area contributed by atoms with Crippen LogP contribution in [0.15, 0.2) is 60.7 Å². The molecule has 0 radical (unpaired) electrons. The molecule has 1 aliphatic rings. The molecule has 1 N–H and O–H groups in total. The number of benzene rings is 3. The van der Waals surface area contributed by atoms with Gasteiger partial charge in [-0.25, -0.2) is 0 Å². The first-order chi connectivity index (χ1) is 14.6. The molecule has 4 rings (SSSR count). The van der Waals surface area contributed by atoms with E-state index in [0.717, 1.165) is 11.1 Å². The highest BCUT2D eigenvalue weighted by Gasteiger charge is 2.26. The highest BCUT2D eigenvalue weighted by Crippen LogP contribution is 2.39. The molecule has 5 nitrogen and oxygen atoms in total. The molecule has 3 aromatic carbocycles. The fraction of sp³-hybridized carbons (Fsp3) is 0.231. The molecule has 0 spiro atoms. The average Bonchev–Trinajstić information content (AvgIpc) is 2.83. The summed E-state index contributed by atoms with van der Waals surface area (Å²) in [7, 11) is 1.72. The number of amides is 2. The van der Waals surface area contributed by atoms with E-state index in [1.807, 2.05) is 49.4 Å². The summed E-state index contributed by atoms with van der Waals surface area (Å²) in [6, 6.07) is 18.4. The number of hydrogen-bond donors (Lipinski definition) is 1. The standard InChI is InChI=1S/C26H26N2O3/c1-16-6-12-23-21(14-16)28(5)25(30)20-15-19(11-13-22(20)31-23)27-24(29)17-7-9-18(10-8-17)26(2,3)4/h6-15H,1-5H3,(H,27,29). The zero-order valence-corrected chi connectivity index (χ0v) is 18.4. The number of carbonyl (C=O) groups excluding carboxylic acids is 2. The molecule has 0 bridgehead atoms. The molecule has 0 aliphatic carbocycles. The molecule has 2 amide bonds. The van der Waals surface area contributed by atoms with Gasteiger partial charge in [0.15, 0.2) is 5.75 Å². The van der Waals surface area contributed by atoms with Gasteiger partial charge < -0.3 is 15.0 Å². The van der Waals surface area contributed by atoms with Crippen LogP contribution in [-0.2, 0) is 5.41 Å². The summed E-state index contributed by atoms with van der Waals surface area (Å²) in [5.41, 5.74) is 4.44. The SMILES string of the molecule is Cc1ccc2c(c1)N(C)C(=O)c1cc(NC(=O)c3ccc(C(C)(C)C)cc3)ccc1O2. The van der Waals surface area contributed by atoms with Crippen molar-refractivity contribution in [2.24, 2.45) is 0 Å². The molecule has 1 heterocycles. The lowest BCUT2D eigenvalue weighted by atomic mass is 9.87. The maximum absolute atomic E-state index is 13.1. The molecule has 0 atom stereocenters. The van der Waals surface area contributed by atoms with Crippen LogP contribution in [0.3, 0.4) is 0 Å². The van der Waals surface area contributed by atoms with E-state index < -0.39 is 0 Å². The number of rotatable bonds is 2. The van der Waals surface area contributed by atoms with Crippen LogP contribution in [0.2, 0.25) is 0 Å². The Morgan fingerprint density at radius 1 is 0.935 bits per heavy atom. The van der Waals surface area contributed by atoms with E-state index in [-0.39, 0.29) is 17.2 Å². The van der Waals surface area contributed by atoms with Gasteiger partial charge in [0.25, 0.3) is 11.8 Å². The second-order valence-corrected chi connectivity index (χ2v) is 8.93. The fourth-order valence-corrected chi connectivity index (χ4v) is 3.57. The first-order valence-electron chi connectivity index (χ1n) is 10.3. The monoisotopic (exact) mass is 414 g/mol. The molecule has 0 unspecified atom stereocenters. The Labute approximate surface area is 182 Å². The van der Waals surface area contributed by atoms with Crippen molar-refractivity contribution in [2.45, 2.75) is 33.1 Å². The minimum Gasteiger partial charge on any atom is -0.454 e. The lowest BCUT2D eigenvalue weighted by Gasteiger charge is -2.19. The Morgan fingerprint density at radius 3 is 2.29 bits per heavy atom. The molecule has 0 saturated heterocycles. The van der Waals surface area contributed by atoms with Crippen molar-refractivity contribution in [1.82, 2.24) is 0 Å². The van der Waals surface area contributed by atoms with Gasteiger partial charge in [-0.2, -0.15) is 0 Å². The van der Waals surface area contributed by atoms with Crippen LogP contribution < -0.4 is 15.0 Å². The second-order valence-electron chi connectivity index (χ2n) is 8.93. The summed E-state index contributed by atoms with van der Waals surface area (Å²) in [6.45, 7) is 8.37. The highest BCUT2D eigenvalue weighted by atomic mass is 16.5. The van der Waals surface area contributed by atoms with Crippen LogP contribution in [0.25, 0.3) is 0 Å². The maximum atomic E-state index is 13.1. The molecule has 3 aromatic rings. The van der Waals surface area contributed by atoms with Crippen molar-refractivity contribution in [3.05, 3.63) is 82.9 Å². The van der Waals surface area contributed by atoms with E-state index in [1.54, 1.807) is 30.1 Å². The lowest BCUT2D eigenvalue weighted by Crippen LogP contribution is -2.25. The summed E-state index contributed by atoms with van der Waals surface area (Å²) in [6.07, 6.45) is 0. The van der Waals surface area contributed by atoms with Crippen molar-refractivity contribution in [2.75, 3.05) is 17.3 Å². The van der Waals surface area contributed by atoms with Gasteiger partial charge in [-0.15, -0.1) is 0 Å². The van der Waals surface area contributed by atoms with Crippen molar-refractivity contribution in [3.8, 4) is 11.5 Å². The van der Waals surface area contributed by atoms with E-state index in [4.69, 9.17) is 4.74 Å². The van der Waals surface area contributed by atoms with E-state index in [1.165, 1.54) is 0 Å². The molecule has 1 aliphatic heterocycles. The Hall–Kier alpha value is -3.60. The van der Waals surface area contributed by atoms with E-state index in [0.29, 0.717) is 34.0 Å². The van der Waals surface area contributed by atoms with Crippen LogP contribution in [-0.4, -0.2) is 18.9 Å². The summed E-state index contributed by atoms with van der Waals surface area (Å²) < 4.78 is 6.01.